The van der Waals surface area contributed by atoms with Crippen molar-refractivity contribution in [2.24, 2.45) is 11.8 Å². The second-order valence-corrected chi connectivity index (χ2v) is 7.43. The third kappa shape index (κ3) is 4.16. The van der Waals surface area contributed by atoms with Gasteiger partial charge in [-0.25, -0.2) is 13.5 Å². The van der Waals surface area contributed by atoms with E-state index in [9.17, 15) is 18.4 Å². The van der Waals surface area contributed by atoms with Crippen molar-refractivity contribution in [3.63, 3.8) is 0 Å². The first-order chi connectivity index (χ1) is 14.0. The van der Waals surface area contributed by atoms with E-state index in [1.165, 1.54) is 10.7 Å². The van der Waals surface area contributed by atoms with Crippen LogP contribution in [0.1, 0.15) is 25.7 Å². The number of rotatable bonds is 4. The number of amides is 1. The number of anilines is 1. The molecule has 0 saturated heterocycles. The molecule has 0 spiro atoms. The van der Waals surface area contributed by atoms with Crippen LogP contribution in [0.4, 0.5) is 14.5 Å². The number of hydrogen-bond acceptors (Lipinski definition) is 4. The summed E-state index contributed by atoms with van der Waals surface area (Å²) in [5.74, 6) is -2.10. The molecule has 1 aliphatic carbocycles. The maximum absolute atomic E-state index is 13.3. The summed E-state index contributed by atoms with van der Waals surface area (Å²) in [4.78, 5) is 25.0. The molecule has 1 amide bonds. The lowest BCUT2D eigenvalue weighted by atomic mass is 9.81. The van der Waals surface area contributed by atoms with Crippen molar-refractivity contribution >= 4 is 22.5 Å². The molecule has 0 bridgehead atoms. The quantitative estimate of drug-likeness (QED) is 0.730. The number of nitrogens with one attached hydrogen (secondary N) is 1. The summed E-state index contributed by atoms with van der Waals surface area (Å²) in [7, 11) is 0. The van der Waals surface area contributed by atoms with Crippen molar-refractivity contribution in [1.82, 2.24) is 15.0 Å². The van der Waals surface area contributed by atoms with Crippen LogP contribution < -0.4 is 10.9 Å². The monoisotopic (exact) mass is 398 g/mol. The zero-order valence-electron chi connectivity index (χ0n) is 15.6. The van der Waals surface area contributed by atoms with E-state index in [-0.39, 0.29) is 29.0 Å². The van der Waals surface area contributed by atoms with Crippen LogP contribution in [-0.4, -0.2) is 20.9 Å². The van der Waals surface area contributed by atoms with Crippen molar-refractivity contribution in [1.29, 1.82) is 0 Å². The summed E-state index contributed by atoms with van der Waals surface area (Å²) in [5.41, 5.74) is 0.661. The Kier molecular flexibility index (Phi) is 5.33. The number of fused-ring (bicyclic) bond motifs is 1. The highest BCUT2D eigenvalue weighted by Gasteiger charge is 2.27. The second kappa shape index (κ2) is 8.06. The maximum Gasteiger partial charge on any atom is 0.277 e. The molecular formula is C21H20F2N4O2. The molecule has 1 saturated carbocycles. The van der Waals surface area contributed by atoms with E-state index in [0.29, 0.717) is 30.3 Å². The first kappa shape index (κ1) is 19.2. The molecule has 4 rings (SSSR count). The molecule has 1 aromatic heterocycles. The molecule has 3 aromatic rings. The average Bonchev–Trinajstić information content (AvgIpc) is 2.73. The highest BCUT2D eigenvalue weighted by atomic mass is 19.2. The predicted molar refractivity (Wildman–Crippen MR) is 104 cm³/mol. The first-order valence-corrected chi connectivity index (χ1v) is 9.59. The number of benzene rings is 2. The first-order valence-electron chi connectivity index (χ1n) is 9.59. The van der Waals surface area contributed by atoms with E-state index in [2.05, 4.69) is 15.6 Å². The summed E-state index contributed by atoms with van der Waals surface area (Å²) < 4.78 is 27.7. The zero-order valence-corrected chi connectivity index (χ0v) is 15.6. The van der Waals surface area contributed by atoms with Gasteiger partial charge in [0.2, 0.25) is 5.91 Å². The number of carbonyl (C=O) groups excluding carboxylic acids is 1. The third-order valence-corrected chi connectivity index (χ3v) is 5.47. The molecule has 1 aliphatic rings. The van der Waals surface area contributed by atoms with E-state index < -0.39 is 11.6 Å². The van der Waals surface area contributed by atoms with Crippen LogP contribution in [-0.2, 0) is 11.3 Å². The molecule has 2 aromatic carbocycles. The van der Waals surface area contributed by atoms with Crippen LogP contribution in [0, 0.1) is 23.5 Å². The van der Waals surface area contributed by atoms with Crippen molar-refractivity contribution in [3.05, 3.63) is 64.5 Å². The molecule has 6 nitrogen and oxygen atoms in total. The van der Waals surface area contributed by atoms with Gasteiger partial charge in [0, 0.05) is 24.2 Å². The lowest BCUT2D eigenvalue weighted by Gasteiger charge is -2.27. The van der Waals surface area contributed by atoms with Crippen LogP contribution in [0.3, 0.4) is 0 Å². The second-order valence-electron chi connectivity index (χ2n) is 7.43. The van der Waals surface area contributed by atoms with E-state index in [4.69, 9.17) is 0 Å². The van der Waals surface area contributed by atoms with Gasteiger partial charge in [-0.3, -0.25) is 9.59 Å². The van der Waals surface area contributed by atoms with Crippen molar-refractivity contribution in [2.75, 3.05) is 5.32 Å². The standard InChI is InChI=1S/C21H20F2N4O2/c22-17-10-9-15(11-18(17)23)24-20(28)14-7-5-13(6-8-14)12-27-21(29)16-3-1-2-4-19(16)25-26-27/h1-4,9-11,13-14H,5-8,12H2,(H,24,28). The summed E-state index contributed by atoms with van der Waals surface area (Å²) >= 11 is 0. The highest BCUT2D eigenvalue weighted by molar-refractivity contribution is 5.92. The Morgan fingerprint density at radius 3 is 2.59 bits per heavy atom. The molecule has 0 atom stereocenters. The van der Waals surface area contributed by atoms with Gasteiger partial charge < -0.3 is 5.32 Å². The molecule has 1 fully saturated rings. The highest BCUT2D eigenvalue weighted by Crippen LogP contribution is 2.30. The molecule has 0 unspecified atom stereocenters. The zero-order chi connectivity index (χ0) is 20.4. The maximum atomic E-state index is 13.3. The lowest BCUT2D eigenvalue weighted by Crippen LogP contribution is -2.32. The molecule has 1 heterocycles. The lowest BCUT2D eigenvalue weighted by molar-refractivity contribution is -0.121. The van der Waals surface area contributed by atoms with Gasteiger partial charge in [0.05, 0.1) is 5.39 Å². The van der Waals surface area contributed by atoms with E-state index in [0.717, 1.165) is 25.0 Å². The topological polar surface area (TPSA) is 76.9 Å². The summed E-state index contributed by atoms with van der Waals surface area (Å²) in [6.07, 6.45) is 2.87. The minimum absolute atomic E-state index is 0.159. The van der Waals surface area contributed by atoms with Crippen LogP contribution in [0.15, 0.2) is 47.3 Å². The van der Waals surface area contributed by atoms with Crippen molar-refractivity contribution in [2.45, 2.75) is 32.2 Å². The number of carbonyl (C=O) groups is 1. The third-order valence-electron chi connectivity index (χ3n) is 5.47. The van der Waals surface area contributed by atoms with E-state index in [1.807, 2.05) is 6.07 Å². The van der Waals surface area contributed by atoms with Crippen molar-refractivity contribution < 1.29 is 13.6 Å². The fourth-order valence-corrected chi connectivity index (χ4v) is 3.81. The van der Waals surface area contributed by atoms with E-state index in [1.54, 1.807) is 18.2 Å². The molecule has 150 valence electrons. The summed E-state index contributed by atoms with van der Waals surface area (Å²) in [6, 6.07) is 10.4. The minimum atomic E-state index is -0.992. The van der Waals surface area contributed by atoms with Gasteiger partial charge >= 0.3 is 0 Å². The van der Waals surface area contributed by atoms with E-state index >= 15 is 0 Å². The van der Waals surface area contributed by atoms with Crippen LogP contribution in [0.5, 0.6) is 0 Å². The van der Waals surface area contributed by atoms with Gasteiger partial charge in [-0.15, -0.1) is 5.10 Å². The number of nitrogens with zero attached hydrogens (tertiary/aromatic N) is 3. The number of halogens is 2. The van der Waals surface area contributed by atoms with Gasteiger partial charge in [0.25, 0.3) is 5.56 Å². The van der Waals surface area contributed by atoms with Crippen LogP contribution in [0.2, 0.25) is 0 Å². The Labute approximate surface area is 165 Å². The van der Waals surface area contributed by atoms with Gasteiger partial charge in [0.1, 0.15) is 5.52 Å². The minimum Gasteiger partial charge on any atom is -0.326 e. The molecule has 0 aliphatic heterocycles. The fraction of sp³-hybridized carbons (Fsp3) is 0.333. The number of aromatic nitrogens is 3. The Morgan fingerprint density at radius 2 is 1.83 bits per heavy atom. The van der Waals surface area contributed by atoms with Crippen LogP contribution in [0.25, 0.3) is 10.9 Å². The van der Waals surface area contributed by atoms with Gasteiger partial charge in [-0.1, -0.05) is 17.3 Å². The fourth-order valence-electron chi connectivity index (χ4n) is 3.81. The van der Waals surface area contributed by atoms with Gasteiger partial charge in [-0.2, -0.15) is 0 Å². The predicted octanol–water partition coefficient (Wildman–Crippen LogP) is 3.51. The van der Waals surface area contributed by atoms with Crippen molar-refractivity contribution in [3.8, 4) is 0 Å². The van der Waals surface area contributed by atoms with Gasteiger partial charge in [0.15, 0.2) is 11.6 Å². The molecule has 0 radical (unpaired) electrons. The Bertz CT molecular complexity index is 1110. The largest absolute Gasteiger partial charge is 0.326 e. The molecule has 29 heavy (non-hydrogen) atoms. The summed E-state index contributed by atoms with van der Waals surface area (Å²) in [6.45, 7) is 0.466. The SMILES string of the molecule is O=C(Nc1ccc(F)c(F)c1)C1CCC(Cn2nnc3ccccc3c2=O)CC1. The molecule has 8 heteroatoms. The Morgan fingerprint density at radius 1 is 1.07 bits per heavy atom. The normalized spacial score (nSPS) is 19.2. The Balaban J connectivity index is 1.36. The average molecular weight is 398 g/mol. The van der Waals surface area contributed by atoms with Crippen LogP contribution >= 0.6 is 0 Å². The van der Waals surface area contributed by atoms with Gasteiger partial charge in [-0.05, 0) is 55.9 Å². The molecule has 1 N–H and O–H groups in total. The smallest absolute Gasteiger partial charge is 0.277 e. The summed E-state index contributed by atoms with van der Waals surface area (Å²) in [5, 5.41) is 11.3. The number of hydrogen-bond donors (Lipinski definition) is 1. The molecular weight excluding hydrogens is 378 g/mol. The Hall–Kier alpha value is -3.16.